The van der Waals surface area contributed by atoms with E-state index in [1.807, 2.05) is 11.8 Å². The molecule has 3 heterocycles. The highest BCUT2D eigenvalue weighted by Crippen LogP contribution is 2.29. The van der Waals surface area contributed by atoms with Crippen molar-refractivity contribution in [3.63, 3.8) is 0 Å². The molecular formula is C20H28ClN5O4S. The molecule has 0 bridgehead atoms. The number of amides is 1. The van der Waals surface area contributed by atoms with Crippen LogP contribution in [0.15, 0.2) is 0 Å². The van der Waals surface area contributed by atoms with Crippen LogP contribution in [0.25, 0.3) is 0 Å². The van der Waals surface area contributed by atoms with Crippen LogP contribution >= 0.6 is 22.9 Å². The SMILES string of the molecule is CCCCOC1CN(c2nc(C)c(C(=O)O)s2)CCC1NC(=O)c1nc(Cl)c(CC)[nH]1. The molecular weight excluding hydrogens is 442 g/mol. The number of aromatic amines is 1. The van der Waals surface area contributed by atoms with Gasteiger partial charge in [0.15, 0.2) is 16.1 Å². The number of carboxylic acids is 1. The summed E-state index contributed by atoms with van der Waals surface area (Å²) in [6.45, 7) is 7.46. The van der Waals surface area contributed by atoms with E-state index in [2.05, 4.69) is 27.2 Å². The van der Waals surface area contributed by atoms with Crippen molar-refractivity contribution in [3.05, 3.63) is 27.2 Å². The minimum atomic E-state index is -0.970. The predicted octanol–water partition coefficient (Wildman–Crippen LogP) is 3.28. The minimum Gasteiger partial charge on any atom is -0.477 e. The van der Waals surface area contributed by atoms with Gasteiger partial charge in [0.2, 0.25) is 0 Å². The van der Waals surface area contributed by atoms with Gasteiger partial charge < -0.3 is 25.0 Å². The molecule has 1 aliphatic heterocycles. The molecule has 11 heteroatoms. The first-order chi connectivity index (χ1) is 14.8. The molecule has 31 heavy (non-hydrogen) atoms. The van der Waals surface area contributed by atoms with E-state index in [-0.39, 0.29) is 28.8 Å². The highest BCUT2D eigenvalue weighted by molar-refractivity contribution is 7.17. The lowest BCUT2D eigenvalue weighted by atomic mass is 10.0. The van der Waals surface area contributed by atoms with Crippen molar-refractivity contribution in [2.75, 3.05) is 24.6 Å². The zero-order valence-electron chi connectivity index (χ0n) is 17.9. The Morgan fingerprint density at radius 1 is 1.39 bits per heavy atom. The maximum Gasteiger partial charge on any atom is 0.347 e. The second-order valence-corrected chi connectivity index (χ2v) is 8.84. The Kier molecular flexibility index (Phi) is 7.90. The highest BCUT2D eigenvalue weighted by atomic mass is 35.5. The summed E-state index contributed by atoms with van der Waals surface area (Å²) < 4.78 is 6.11. The molecule has 170 valence electrons. The summed E-state index contributed by atoms with van der Waals surface area (Å²) in [5.74, 6) is -1.09. The van der Waals surface area contributed by atoms with Crippen molar-refractivity contribution in [1.82, 2.24) is 20.3 Å². The Hall–Kier alpha value is -2.17. The largest absolute Gasteiger partial charge is 0.477 e. The van der Waals surface area contributed by atoms with E-state index in [0.29, 0.717) is 48.5 Å². The fraction of sp³-hybridized carbons (Fsp3) is 0.600. The molecule has 9 nitrogen and oxygen atoms in total. The Balaban J connectivity index is 1.72. The van der Waals surface area contributed by atoms with Gasteiger partial charge in [-0.2, -0.15) is 0 Å². The lowest BCUT2D eigenvalue weighted by Crippen LogP contribution is -2.55. The van der Waals surface area contributed by atoms with Crippen molar-refractivity contribution in [2.45, 2.75) is 58.6 Å². The number of ether oxygens (including phenoxy) is 1. The zero-order chi connectivity index (χ0) is 22.5. The normalized spacial score (nSPS) is 18.9. The van der Waals surface area contributed by atoms with Gasteiger partial charge in [-0.15, -0.1) is 0 Å². The number of hydrogen-bond acceptors (Lipinski definition) is 7. The van der Waals surface area contributed by atoms with Gasteiger partial charge in [-0.3, -0.25) is 4.79 Å². The number of unbranched alkanes of at least 4 members (excludes halogenated alkanes) is 1. The van der Waals surface area contributed by atoms with E-state index >= 15 is 0 Å². The van der Waals surface area contributed by atoms with Crippen molar-refractivity contribution >= 4 is 39.9 Å². The molecule has 1 fully saturated rings. The van der Waals surface area contributed by atoms with Crippen molar-refractivity contribution in [2.24, 2.45) is 0 Å². The smallest absolute Gasteiger partial charge is 0.347 e. The summed E-state index contributed by atoms with van der Waals surface area (Å²) in [6, 6.07) is -0.199. The molecule has 3 rings (SSSR count). The molecule has 0 aromatic carbocycles. The van der Waals surface area contributed by atoms with Gasteiger partial charge >= 0.3 is 5.97 Å². The number of piperidine rings is 1. The average Bonchev–Trinajstić information content (AvgIpc) is 3.31. The summed E-state index contributed by atoms with van der Waals surface area (Å²) in [4.78, 5) is 37.9. The Bertz CT molecular complexity index is 931. The van der Waals surface area contributed by atoms with E-state index in [4.69, 9.17) is 16.3 Å². The second-order valence-electron chi connectivity index (χ2n) is 7.50. The van der Waals surface area contributed by atoms with Gasteiger partial charge in [0.25, 0.3) is 5.91 Å². The first-order valence-corrected chi connectivity index (χ1v) is 11.7. The van der Waals surface area contributed by atoms with Gasteiger partial charge in [0, 0.05) is 19.7 Å². The van der Waals surface area contributed by atoms with Crippen LogP contribution in [0.5, 0.6) is 0 Å². The van der Waals surface area contributed by atoms with Gasteiger partial charge in [-0.05, 0) is 26.2 Å². The van der Waals surface area contributed by atoms with E-state index in [1.54, 1.807) is 6.92 Å². The van der Waals surface area contributed by atoms with Crippen LogP contribution in [0.4, 0.5) is 5.13 Å². The number of carbonyl (C=O) groups excluding carboxylic acids is 1. The maximum atomic E-state index is 12.7. The van der Waals surface area contributed by atoms with Crippen LogP contribution in [0.1, 0.15) is 64.8 Å². The molecule has 0 saturated carbocycles. The maximum absolute atomic E-state index is 12.7. The van der Waals surface area contributed by atoms with Crippen molar-refractivity contribution in [3.8, 4) is 0 Å². The van der Waals surface area contributed by atoms with Gasteiger partial charge in [-0.1, -0.05) is 43.2 Å². The lowest BCUT2D eigenvalue weighted by Gasteiger charge is -2.38. The quantitative estimate of drug-likeness (QED) is 0.482. The molecule has 3 N–H and O–H groups in total. The zero-order valence-corrected chi connectivity index (χ0v) is 19.5. The summed E-state index contributed by atoms with van der Waals surface area (Å²) in [5, 5.41) is 13.3. The third-order valence-electron chi connectivity index (χ3n) is 5.25. The molecule has 2 aromatic heterocycles. The number of aromatic nitrogens is 3. The Labute approximate surface area is 190 Å². The number of aryl methyl sites for hydroxylation is 2. The topological polar surface area (TPSA) is 120 Å². The molecule has 2 aromatic rings. The first kappa shape index (κ1) is 23.5. The van der Waals surface area contributed by atoms with Gasteiger partial charge in [0.05, 0.1) is 23.5 Å². The molecule has 2 atom stereocenters. The number of thiazole rings is 1. The van der Waals surface area contributed by atoms with Crippen molar-refractivity contribution in [1.29, 1.82) is 0 Å². The number of H-pyrrole nitrogens is 1. The number of anilines is 1. The summed E-state index contributed by atoms with van der Waals surface area (Å²) in [7, 11) is 0. The molecule has 0 spiro atoms. The summed E-state index contributed by atoms with van der Waals surface area (Å²) in [6.07, 6.45) is 2.97. The number of hydrogen-bond donors (Lipinski definition) is 3. The average molecular weight is 470 g/mol. The summed E-state index contributed by atoms with van der Waals surface area (Å²) in [5.41, 5.74) is 1.23. The fourth-order valence-electron chi connectivity index (χ4n) is 3.49. The molecule has 2 unspecified atom stereocenters. The van der Waals surface area contributed by atoms with Crippen LogP contribution in [0.3, 0.4) is 0 Å². The number of nitrogens with one attached hydrogen (secondary N) is 2. The number of aromatic carboxylic acids is 1. The van der Waals surface area contributed by atoms with E-state index < -0.39 is 5.97 Å². The molecule has 0 radical (unpaired) electrons. The highest BCUT2D eigenvalue weighted by Gasteiger charge is 2.33. The van der Waals surface area contributed by atoms with Gasteiger partial charge in [0.1, 0.15) is 4.88 Å². The second kappa shape index (κ2) is 10.4. The predicted molar refractivity (Wildman–Crippen MR) is 120 cm³/mol. The standard InChI is InChI=1S/C20H28ClN5O4S/c1-4-6-9-30-14-10-26(20-22-11(3)15(31-20)19(28)29)8-7-13(14)24-18(27)17-23-12(5-2)16(21)25-17/h13-14H,4-10H2,1-3H3,(H,23,25)(H,24,27)(H,28,29). The lowest BCUT2D eigenvalue weighted by molar-refractivity contribution is 0.0187. The van der Waals surface area contributed by atoms with E-state index in [1.165, 1.54) is 11.3 Å². The van der Waals surface area contributed by atoms with Crippen LogP contribution in [-0.4, -0.2) is 63.8 Å². The molecule has 1 aliphatic rings. The van der Waals surface area contributed by atoms with Gasteiger partial charge in [-0.25, -0.2) is 14.8 Å². The minimum absolute atomic E-state index is 0.193. The monoisotopic (exact) mass is 469 g/mol. The van der Waals surface area contributed by atoms with Crippen LogP contribution in [-0.2, 0) is 11.2 Å². The van der Waals surface area contributed by atoms with Crippen LogP contribution in [0, 0.1) is 6.92 Å². The number of carbonyl (C=O) groups is 2. The number of nitrogens with zero attached hydrogens (tertiary/aromatic N) is 3. The molecule has 0 aliphatic carbocycles. The third-order valence-corrected chi connectivity index (χ3v) is 6.77. The molecule has 1 saturated heterocycles. The summed E-state index contributed by atoms with van der Waals surface area (Å²) >= 11 is 7.23. The number of imidazole rings is 1. The number of halogens is 1. The van der Waals surface area contributed by atoms with Crippen LogP contribution in [0.2, 0.25) is 5.15 Å². The van der Waals surface area contributed by atoms with E-state index in [9.17, 15) is 14.7 Å². The first-order valence-electron chi connectivity index (χ1n) is 10.5. The van der Waals surface area contributed by atoms with E-state index in [0.717, 1.165) is 18.5 Å². The number of rotatable bonds is 9. The number of carboxylic acid groups (broad SMARTS) is 1. The Morgan fingerprint density at radius 3 is 2.77 bits per heavy atom. The fourth-order valence-corrected chi connectivity index (χ4v) is 4.69. The third kappa shape index (κ3) is 5.55. The van der Waals surface area contributed by atoms with Crippen LogP contribution < -0.4 is 10.2 Å². The Morgan fingerprint density at radius 2 is 2.16 bits per heavy atom. The van der Waals surface area contributed by atoms with Crippen molar-refractivity contribution < 1.29 is 19.4 Å². The molecule has 1 amide bonds.